The predicted octanol–water partition coefficient (Wildman–Crippen LogP) is 2.24. The Morgan fingerprint density at radius 1 is 1.35 bits per heavy atom. The summed E-state index contributed by atoms with van der Waals surface area (Å²) in [4.78, 5) is 19.5. The average Bonchev–Trinajstić information content (AvgIpc) is 3.03. The lowest BCUT2D eigenvalue weighted by Gasteiger charge is -2.34. The summed E-state index contributed by atoms with van der Waals surface area (Å²) in [6.45, 7) is 6.58. The Morgan fingerprint density at radius 3 is 2.81 bits per heavy atom. The number of rotatable bonds is 6. The van der Waals surface area contributed by atoms with E-state index in [1.54, 1.807) is 6.92 Å². The van der Waals surface area contributed by atoms with Crippen LogP contribution in [0.15, 0.2) is 24.4 Å². The summed E-state index contributed by atoms with van der Waals surface area (Å²) < 4.78 is 0. The fraction of sp³-hybridized carbons (Fsp3) is 0.500. The molecular weight excluding hydrogens is 344 g/mol. The minimum Gasteiger partial charge on any atom is -0.352 e. The molecule has 0 bridgehead atoms. The fourth-order valence-corrected chi connectivity index (χ4v) is 4.63. The molecule has 2 aliphatic rings. The molecule has 138 valence electrons. The SMILES string of the molecule is CC(=O)NCc1ccc(-c2cnc(C3CN(C)C3)s2)cc1CC1CNC1. The summed E-state index contributed by atoms with van der Waals surface area (Å²) >= 11 is 1.82. The molecule has 0 spiro atoms. The number of carbonyl (C=O) groups is 1. The molecule has 2 aromatic rings. The molecule has 0 saturated carbocycles. The molecule has 0 atom stereocenters. The summed E-state index contributed by atoms with van der Waals surface area (Å²) in [7, 11) is 2.15. The molecule has 4 rings (SSSR count). The van der Waals surface area contributed by atoms with E-state index in [0.29, 0.717) is 18.4 Å². The van der Waals surface area contributed by atoms with E-state index in [0.717, 1.165) is 32.6 Å². The monoisotopic (exact) mass is 370 g/mol. The molecule has 1 aromatic heterocycles. The lowest BCUT2D eigenvalue weighted by atomic mass is 9.90. The van der Waals surface area contributed by atoms with Crippen molar-refractivity contribution in [3.8, 4) is 10.4 Å². The molecule has 26 heavy (non-hydrogen) atoms. The van der Waals surface area contributed by atoms with Gasteiger partial charge in [0.1, 0.15) is 0 Å². The van der Waals surface area contributed by atoms with E-state index in [4.69, 9.17) is 0 Å². The van der Waals surface area contributed by atoms with Gasteiger partial charge < -0.3 is 15.5 Å². The zero-order chi connectivity index (χ0) is 18.1. The third-order valence-electron chi connectivity index (χ3n) is 5.33. The summed E-state index contributed by atoms with van der Waals surface area (Å²) in [6.07, 6.45) is 3.09. The number of nitrogens with one attached hydrogen (secondary N) is 2. The van der Waals surface area contributed by atoms with Gasteiger partial charge in [0.15, 0.2) is 0 Å². The molecule has 2 saturated heterocycles. The van der Waals surface area contributed by atoms with Crippen LogP contribution in [0.1, 0.15) is 29.0 Å². The minimum atomic E-state index is 0.0166. The second-order valence-electron chi connectivity index (χ2n) is 7.60. The highest BCUT2D eigenvalue weighted by atomic mass is 32.1. The number of thiazole rings is 1. The van der Waals surface area contributed by atoms with E-state index in [9.17, 15) is 4.79 Å². The summed E-state index contributed by atoms with van der Waals surface area (Å²) in [5.41, 5.74) is 3.82. The largest absolute Gasteiger partial charge is 0.352 e. The maximum atomic E-state index is 11.3. The van der Waals surface area contributed by atoms with E-state index in [2.05, 4.69) is 45.8 Å². The normalized spacial score (nSPS) is 18.4. The minimum absolute atomic E-state index is 0.0166. The van der Waals surface area contributed by atoms with Crippen LogP contribution in [0, 0.1) is 5.92 Å². The molecule has 2 N–H and O–H groups in total. The van der Waals surface area contributed by atoms with Crippen LogP contribution in [0.25, 0.3) is 10.4 Å². The van der Waals surface area contributed by atoms with Gasteiger partial charge in [-0.2, -0.15) is 0 Å². The number of nitrogens with zero attached hydrogens (tertiary/aromatic N) is 2. The highest BCUT2D eigenvalue weighted by Crippen LogP contribution is 2.34. The van der Waals surface area contributed by atoms with Crippen LogP contribution in [-0.4, -0.2) is 49.0 Å². The topological polar surface area (TPSA) is 57.3 Å². The van der Waals surface area contributed by atoms with Crippen molar-refractivity contribution in [2.45, 2.75) is 25.8 Å². The van der Waals surface area contributed by atoms with Gasteiger partial charge in [0.2, 0.25) is 5.91 Å². The average molecular weight is 371 g/mol. The first kappa shape index (κ1) is 17.6. The van der Waals surface area contributed by atoms with Gasteiger partial charge in [-0.25, -0.2) is 4.98 Å². The number of likely N-dealkylation sites (tertiary alicyclic amines) is 1. The van der Waals surface area contributed by atoms with Crippen LogP contribution in [-0.2, 0) is 17.8 Å². The van der Waals surface area contributed by atoms with Crippen molar-refractivity contribution in [2.24, 2.45) is 5.92 Å². The predicted molar refractivity (Wildman–Crippen MR) is 105 cm³/mol. The Hall–Kier alpha value is -1.76. The molecule has 2 fully saturated rings. The summed E-state index contributed by atoms with van der Waals surface area (Å²) in [6, 6.07) is 6.65. The van der Waals surface area contributed by atoms with Crippen LogP contribution in [0.4, 0.5) is 0 Å². The van der Waals surface area contributed by atoms with Crippen LogP contribution < -0.4 is 10.6 Å². The maximum Gasteiger partial charge on any atom is 0.217 e. The Labute approximate surface area is 158 Å². The van der Waals surface area contributed by atoms with Gasteiger partial charge in [0.25, 0.3) is 0 Å². The Balaban J connectivity index is 1.55. The van der Waals surface area contributed by atoms with Crippen molar-refractivity contribution in [3.05, 3.63) is 40.5 Å². The van der Waals surface area contributed by atoms with Crippen molar-refractivity contribution in [2.75, 3.05) is 33.2 Å². The zero-order valence-electron chi connectivity index (χ0n) is 15.4. The van der Waals surface area contributed by atoms with Crippen molar-refractivity contribution in [1.82, 2.24) is 20.5 Å². The first-order valence-electron chi connectivity index (χ1n) is 9.30. The molecule has 1 aromatic carbocycles. The first-order chi connectivity index (χ1) is 12.6. The molecule has 5 nitrogen and oxygen atoms in total. The number of aromatic nitrogens is 1. The van der Waals surface area contributed by atoms with Gasteiger partial charge in [-0.1, -0.05) is 12.1 Å². The highest BCUT2D eigenvalue weighted by molar-refractivity contribution is 7.15. The highest BCUT2D eigenvalue weighted by Gasteiger charge is 2.27. The fourth-order valence-electron chi connectivity index (χ4n) is 3.63. The van der Waals surface area contributed by atoms with Crippen molar-refractivity contribution in [1.29, 1.82) is 0 Å². The number of hydrogen-bond donors (Lipinski definition) is 2. The number of carbonyl (C=O) groups excluding carboxylic acids is 1. The van der Waals surface area contributed by atoms with Gasteiger partial charge in [-0.3, -0.25) is 4.79 Å². The molecule has 2 aliphatic heterocycles. The third kappa shape index (κ3) is 3.82. The lowest BCUT2D eigenvalue weighted by Crippen LogP contribution is -2.43. The van der Waals surface area contributed by atoms with Gasteiger partial charge >= 0.3 is 0 Å². The van der Waals surface area contributed by atoms with Crippen LogP contribution in [0.5, 0.6) is 0 Å². The smallest absolute Gasteiger partial charge is 0.217 e. The molecule has 3 heterocycles. The van der Waals surface area contributed by atoms with Crippen molar-refractivity contribution in [3.63, 3.8) is 0 Å². The van der Waals surface area contributed by atoms with Crippen molar-refractivity contribution >= 4 is 17.2 Å². The second-order valence-corrected chi connectivity index (χ2v) is 8.66. The van der Waals surface area contributed by atoms with E-state index in [-0.39, 0.29) is 5.91 Å². The molecule has 0 radical (unpaired) electrons. The number of likely N-dealkylation sites (N-methyl/N-ethyl adjacent to an activating group) is 1. The van der Waals surface area contributed by atoms with Gasteiger partial charge in [0, 0.05) is 38.7 Å². The van der Waals surface area contributed by atoms with Gasteiger partial charge in [-0.15, -0.1) is 11.3 Å². The van der Waals surface area contributed by atoms with Gasteiger partial charge in [-0.05, 0) is 55.2 Å². The van der Waals surface area contributed by atoms with Gasteiger partial charge in [0.05, 0.1) is 9.88 Å². The number of benzene rings is 1. The quantitative estimate of drug-likeness (QED) is 0.819. The molecule has 0 aliphatic carbocycles. The van der Waals surface area contributed by atoms with E-state index in [1.807, 2.05) is 17.5 Å². The molecule has 1 amide bonds. The molecular formula is C20H26N4OS. The van der Waals surface area contributed by atoms with E-state index >= 15 is 0 Å². The Morgan fingerprint density at radius 2 is 2.15 bits per heavy atom. The Kier molecular flexibility index (Phi) is 5.07. The van der Waals surface area contributed by atoms with Crippen LogP contribution in [0.3, 0.4) is 0 Å². The number of amides is 1. The first-order valence-corrected chi connectivity index (χ1v) is 10.1. The zero-order valence-corrected chi connectivity index (χ0v) is 16.2. The second kappa shape index (κ2) is 7.47. The van der Waals surface area contributed by atoms with Crippen LogP contribution in [0.2, 0.25) is 0 Å². The lowest BCUT2D eigenvalue weighted by molar-refractivity contribution is -0.119. The molecule has 0 unspecified atom stereocenters. The number of hydrogen-bond acceptors (Lipinski definition) is 5. The van der Waals surface area contributed by atoms with E-state index in [1.165, 1.54) is 26.6 Å². The summed E-state index contributed by atoms with van der Waals surface area (Å²) in [5.74, 6) is 1.31. The van der Waals surface area contributed by atoms with Crippen LogP contribution >= 0.6 is 11.3 Å². The summed E-state index contributed by atoms with van der Waals surface area (Å²) in [5, 5.41) is 7.54. The third-order valence-corrected chi connectivity index (χ3v) is 6.54. The van der Waals surface area contributed by atoms with E-state index < -0.39 is 0 Å². The maximum absolute atomic E-state index is 11.3. The van der Waals surface area contributed by atoms with Crippen molar-refractivity contribution < 1.29 is 4.79 Å². The Bertz CT molecular complexity index is 793. The molecule has 6 heteroatoms. The standard InChI is InChI=1S/C20H26N4OS/c1-13(25)22-9-16-4-3-15(6-17(16)5-14-7-21-8-14)19-10-23-20(26-19)18-11-24(2)12-18/h3-4,6,10,14,18,21H,5,7-9,11-12H2,1-2H3,(H,22,25).